The predicted molar refractivity (Wildman–Crippen MR) is 60.3 cm³/mol. The molecule has 0 aliphatic rings. The van der Waals surface area contributed by atoms with Crippen molar-refractivity contribution in [2.24, 2.45) is 5.73 Å². The first-order valence-corrected chi connectivity index (χ1v) is 5.89. The quantitative estimate of drug-likeness (QED) is 0.807. The molecule has 68 valence electrons. The van der Waals surface area contributed by atoms with E-state index in [2.05, 4.69) is 29.8 Å². The van der Waals surface area contributed by atoms with E-state index in [1.165, 1.54) is 20.9 Å². The molecule has 3 heteroatoms. The van der Waals surface area contributed by atoms with E-state index in [0.717, 1.165) is 0 Å². The van der Waals surface area contributed by atoms with Crippen molar-refractivity contribution in [3.05, 3.63) is 34.0 Å². The Hall–Kier alpha value is -0.640. The normalized spacial score (nSPS) is 10.6. The highest BCUT2D eigenvalue weighted by Gasteiger charge is 2.05. The van der Waals surface area contributed by atoms with Crippen LogP contribution in [0.2, 0.25) is 0 Å². The summed E-state index contributed by atoms with van der Waals surface area (Å²) in [7, 11) is 0. The molecule has 0 bridgehead atoms. The summed E-state index contributed by atoms with van der Waals surface area (Å²) < 4.78 is 0. The fraction of sp³-hybridized carbons (Fsp3) is 0.200. The Morgan fingerprint density at radius 2 is 2.23 bits per heavy atom. The first-order valence-electron chi connectivity index (χ1n) is 4.13. The maximum absolute atomic E-state index is 5.56. The fourth-order valence-corrected chi connectivity index (χ4v) is 3.28. The van der Waals surface area contributed by atoms with Crippen LogP contribution < -0.4 is 5.73 Å². The van der Waals surface area contributed by atoms with Crippen molar-refractivity contribution in [2.45, 2.75) is 13.5 Å². The van der Waals surface area contributed by atoms with E-state index in [0.29, 0.717) is 6.54 Å². The third kappa shape index (κ3) is 1.68. The summed E-state index contributed by atoms with van der Waals surface area (Å²) in [6.07, 6.45) is 0. The lowest BCUT2D eigenvalue weighted by molar-refractivity contribution is 1.08. The average Bonchev–Trinajstić information content (AvgIpc) is 2.71. The van der Waals surface area contributed by atoms with Gasteiger partial charge in [0.1, 0.15) is 0 Å². The smallest absolute Gasteiger partial charge is 0.0471 e. The van der Waals surface area contributed by atoms with Gasteiger partial charge in [-0.2, -0.15) is 0 Å². The standard InChI is InChI=1S/C10H11NS2/c1-7-2-3-12-10(7)9-4-8(5-11)6-13-9/h2-4,6H,5,11H2,1H3. The Bertz CT molecular complexity index is 400. The van der Waals surface area contributed by atoms with Crippen molar-refractivity contribution in [3.8, 4) is 9.75 Å². The van der Waals surface area contributed by atoms with Gasteiger partial charge in [-0.05, 0) is 40.9 Å². The Morgan fingerprint density at radius 3 is 2.77 bits per heavy atom. The molecule has 0 radical (unpaired) electrons. The molecule has 0 spiro atoms. The summed E-state index contributed by atoms with van der Waals surface area (Å²) in [5.74, 6) is 0. The number of hydrogen-bond acceptors (Lipinski definition) is 3. The molecule has 0 atom stereocenters. The minimum atomic E-state index is 0.640. The number of rotatable bonds is 2. The third-order valence-electron chi connectivity index (χ3n) is 1.98. The maximum Gasteiger partial charge on any atom is 0.0471 e. The molecule has 0 aliphatic heterocycles. The largest absolute Gasteiger partial charge is 0.326 e. The summed E-state index contributed by atoms with van der Waals surface area (Å²) >= 11 is 3.57. The van der Waals surface area contributed by atoms with Crippen molar-refractivity contribution in [3.63, 3.8) is 0 Å². The van der Waals surface area contributed by atoms with Crippen LogP contribution in [0.5, 0.6) is 0 Å². The van der Waals surface area contributed by atoms with Crippen LogP contribution in [0, 0.1) is 6.92 Å². The second kappa shape index (κ2) is 3.62. The van der Waals surface area contributed by atoms with Gasteiger partial charge in [-0.25, -0.2) is 0 Å². The highest BCUT2D eigenvalue weighted by atomic mass is 32.1. The SMILES string of the molecule is Cc1ccsc1-c1cc(CN)cs1. The Morgan fingerprint density at radius 1 is 1.38 bits per heavy atom. The lowest BCUT2D eigenvalue weighted by Gasteiger charge is -1.92. The Balaban J connectivity index is 2.41. The molecular formula is C10H11NS2. The molecule has 0 unspecified atom stereocenters. The first kappa shape index (κ1) is 8.94. The lowest BCUT2D eigenvalue weighted by Crippen LogP contribution is -1.92. The highest BCUT2D eigenvalue weighted by Crippen LogP contribution is 2.33. The summed E-state index contributed by atoms with van der Waals surface area (Å²) in [4.78, 5) is 2.72. The van der Waals surface area contributed by atoms with Crippen molar-refractivity contribution >= 4 is 22.7 Å². The van der Waals surface area contributed by atoms with Gasteiger partial charge in [0.15, 0.2) is 0 Å². The van der Waals surface area contributed by atoms with Gasteiger partial charge in [-0.15, -0.1) is 22.7 Å². The van der Waals surface area contributed by atoms with Crippen molar-refractivity contribution in [2.75, 3.05) is 0 Å². The van der Waals surface area contributed by atoms with Crippen molar-refractivity contribution in [1.82, 2.24) is 0 Å². The van der Waals surface area contributed by atoms with Crippen LogP contribution in [0.1, 0.15) is 11.1 Å². The molecule has 0 aromatic carbocycles. The zero-order valence-electron chi connectivity index (χ0n) is 7.41. The van der Waals surface area contributed by atoms with Crippen LogP contribution in [0.4, 0.5) is 0 Å². The van der Waals surface area contributed by atoms with Gasteiger partial charge in [0.25, 0.3) is 0 Å². The molecule has 1 nitrogen and oxygen atoms in total. The van der Waals surface area contributed by atoms with Crippen LogP contribution in [-0.2, 0) is 6.54 Å². The maximum atomic E-state index is 5.56. The van der Waals surface area contributed by atoms with Crippen LogP contribution in [0.25, 0.3) is 9.75 Å². The molecule has 0 aliphatic carbocycles. The van der Waals surface area contributed by atoms with Gasteiger partial charge in [-0.3, -0.25) is 0 Å². The highest BCUT2D eigenvalue weighted by molar-refractivity contribution is 7.20. The van der Waals surface area contributed by atoms with Gasteiger partial charge in [0, 0.05) is 16.3 Å². The predicted octanol–water partition coefficient (Wildman–Crippen LogP) is 3.24. The van der Waals surface area contributed by atoms with Crippen LogP contribution in [0.3, 0.4) is 0 Å². The van der Waals surface area contributed by atoms with E-state index < -0.39 is 0 Å². The molecule has 0 saturated heterocycles. The monoisotopic (exact) mass is 209 g/mol. The summed E-state index contributed by atoms with van der Waals surface area (Å²) in [6, 6.07) is 4.34. The van der Waals surface area contributed by atoms with E-state index in [1.54, 1.807) is 22.7 Å². The van der Waals surface area contributed by atoms with Gasteiger partial charge < -0.3 is 5.73 Å². The molecule has 2 rings (SSSR count). The van der Waals surface area contributed by atoms with Crippen LogP contribution >= 0.6 is 22.7 Å². The summed E-state index contributed by atoms with van der Waals surface area (Å²) in [5, 5.41) is 4.26. The van der Waals surface area contributed by atoms with Crippen LogP contribution in [-0.4, -0.2) is 0 Å². The zero-order chi connectivity index (χ0) is 9.26. The summed E-state index contributed by atoms with van der Waals surface area (Å²) in [5.41, 5.74) is 8.15. The molecule has 0 amide bonds. The lowest BCUT2D eigenvalue weighted by atomic mass is 10.2. The van der Waals surface area contributed by atoms with E-state index in [-0.39, 0.29) is 0 Å². The van der Waals surface area contributed by atoms with Crippen molar-refractivity contribution in [1.29, 1.82) is 0 Å². The second-order valence-electron chi connectivity index (χ2n) is 2.96. The Labute approximate surface area is 85.8 Å². The van der Waals surface area contributed by atoms with E-state index >= 15 is 0 Å². The third-order valence-corrected chi connectivity index (χ3v) is 4.15. The minimum absolute atomic E-state index is 0.640. The molecular weight excluding hydrogens is 198 g/mol. The molecule has 0 saturated carbocycles. The second-order valence-corrected chi connectivity index (χ2v) is 4.78. The Kier molecular flexibility index (Phi) is 2.49. The molecule has 13 heavy (non-hydrogen) atoms. The number of thiophene rings is 2. The fourth-order valence-electron chi connectivity index (χ4n) is 1.23. The zero-order valence-corrected chi connectivity index (χ0v) is 9.04. The van der Waals surface area contributed by atoms with Crippen LogP contribution in [0.15, 0.2) is 22.9 Å². The van der Waals surface area contributed by atoms with Gasteiger partial charge in [0.2, 0.25) is 0 Å². The van der Waals surface area contributed by atoms with E-state index in [1.807, 2.05) is 0 Å². The van der Waals surface area contributed by atoms with Gasteiger partial charge in [0.05, 0.1) is 0 Å². The number of aryl methyl sites for hydroxylation is 1. The average molecular weight is 209 g/mol. The first-order chi connectivity index (χ1) is 6.31. The van der Waals surface area contributed by atoms with E-state index in [9.17, 15) is 0 Å². The topological polar surface area (TPSA) is 26.0 Å². The molecule has 2 N–H and O–H groups in total. The summed E-state index contributed by atoms with van der Waals surface area (Å²) in [6.45, 7) is 2.79. The van der Waals surface area contributed by atoms with Crippen molar-refractivity contribution < 1.29 is 0 Å². The number of hydrogen-bond donors (Lipinski definition) is 1. The molecule has 2 aromatic heterocycles. The van der Waals surface area contributed by atoms with Gasteiger partial charge >= 0.3 is 0 Å². The minimum Gasteiger partial charge on any atom is -0.326 e. The molecule has 2 heterocycles. The molecule has 2 aromatic rings. The molecule has 0 fully saturated rings. The van der Waals surface area contributed by atoms with Gasteiger partial charge in [-0.1, -0.05) is 0 Å². The van der Waals surface area contributed by atoms with E-state index in [4.69, 9.17) is 5.73 Å². The number of nitrogens with two attached hydrogens (primary N) is 1.